The number of hydrogen-bond donors (Lipinski definition) is 1. The summed E-state index contributed by atoms with van der Waals surface area (Å²) in [6.07, 6.45) is 5.39. The Balaban J connectivity index is 1.78. The molecule has 0 amide bonds. The standard InChI is InChI=1S/C15H21NO3S/c16-20-17-11-13-14(12-7-3-1-4-8-12)19-15(18-13)9-5-2-6-10-15/h1,3-4,7-8,13-14H,2,5-6,9-11,16H2. The maximum Gasteiger partial charge on any atom is 0.169 e. The fraction of sp³-hybridized carbons (Fsp3) is 0.600. The molecular weight excluding hydrogens is 274 g/mol. The molecule has 4 nitrogen and oxygen atoms in total. The molecule has 110 valence electrons. The molecule has 0 aromatic heterocycles. The smallest absolute Gasteiger partial charge is 0.169 e. The Kier molecular flexibility index (Phi) is 4.63. The van der Waals surface area contributed by atoms with Crippen molar-refractivity contribution in [3.8, 4) is 0 Å². The fourth-order valence-electron chi connectivity index (χ4n) is 3.15. The molecule has 1 aliphatic carbocycles. The average molecular weight is 295 g/mol. The topological polar surface area (TPSA) is 53.7 Å². The molecule has 1 saturated heterocycles. The summed E-state index contributed by atoms with van der Waals surface area (Å²) in [5, 5.41) is 5.36. The van der Waals surface area contributed by atoms with Crippen LogP contribution in [0, 0.1) is 0 Å². The Bertz CT molecular complexity index is 422. The van der Waals surface area contributed by atoms with Crippen LogP contribution in [0.2, 0.25) is 0 Å². The van der Waals surface area contributed by atoms with Crippen molar-refractivity contribution in [2.75, 3.05) is 6.61 Å². The van der Waals surface area contributed by atoms with E-state index in [-0.39, 0.29) is 12.2 Å². The van der Waals surface area contributed by atoms with E-state index in [4.69, 9.17) is 18.8 Å². The van der Waals surface area contributed by atoms with Gasteiger partial charge in [0.15, 0.2) is 5.79 Å². The van der Waals surface area contributed by atoms with Gasteiger partial charge in [-0.15, -0.1) is 0 Å². The Morgan fingerprint density at radius 1 is 1.15 bits per heavy atom. The molecule has 1 heterocycles. The molecule has 2 unspecified atom stereocenters. The van der Waals surface area contributed by atoms with Crippen LogP contribution in [0.15, 0.2) is 30.3 Å². The van der Waals surface area contributed by atoms with Crippen molar-refractivity contribution in [2.24, 2.45) is 5.14 Å². The minimum atomic E-state index is -0.411. The normalized spacial score (nSPS) is 28.9. The quantitative estimate of drug-likeness (QED) is 0.682. The van der Waals surface area contributed by atoms with E-state index < -0.39 is 5.79 Å². The third-order valence-corrected chi connectivity index (χ3v) is 4.36. The third kappa shape index (κ3) is 3.02. The van der Waals surface area contributed by atoms with E-state index >= 15 is 0 Å². The maximum absolute atomic E-state index is 6.33. The lowest BCUT2D eigenvalue weighted by molar-refractivity contribution is -0.195. The van der Waals surface area contributed by atoms with Crippen molar-refractivity contribution in [3.63, 3.8) is 0 Å². The van der Waals surface area contributed by atoms with Crippen LogP contribution in [0.5, 0.6) is 0 Å². The van der Waals surface area contributed by atoms with E-state index in [9.17, 15) is 0 Å². The first-order valence-corrected chi connectivity index (χ1v) is 8.02. The van der Waals surface area contributed by atoms with Crippen LogP contribution >= 0.6 is 12.2 Å². The Morgan fingerprint density at radius 2 is 1.90 bits per heavy atom. The highest BCUT2D eigenvalue weighted by Crippen LogP contribution is 2.46. The SMILES string of the molecule is NSOCC1OC2(CCCCC2)OC1c1ccccc1. The van der Waals surface area contributed by atoms with Crippen LogP contribution in [-0.4, -0.2) is 18.5 Å². The van der Waals surface area contributed by atoms with Gasteiger partial charge in [-0.25, -0.2) is 0 Å². The third-order valence-electron chi connectivity index (χ3n) is 4.09. The van der Waals surface area contributed by atoms with E-state index in [0.29, 0.717) is 6.61 Å². The molecule has 0 bridgehead atoms. The van der Waals surface area contributed by atoms with Gasteiger partial charge >= 0.3 is 0 Å². The lowest BCUT2D eigenvalue weighted by atomic mass is 9.94. The lowest BCUT2D eigenvalue weighted by Crippen LogP contribution is -2.33. The predicted octanol–water partition coefficient (Wildman–Crippen LogP) is 3.34. The molecule has 1 aliphatic heterocycles. The molecule has 2 aliphatic rings. The minimum absolute atomic E-state index is 0.0681. The molecule has 1 aromatic carbocycles. The molecule has 2 fully saturated rings. The van der Waals surface area contributed by atoms with Crippen molar-refractivity contribution in [1.82, 2.24) is 0 Å². The van der Waals surface area contributed by atoms with Gasteiger partial charge < -0.3 is 9.47 Å². The molecule has 20 heavy (non-hydrogen) atoms. The van der Waals surface area contributed by atoms with Crippen LogP contribution in [0.3, 0.4) is 0 Å². The van der Waals surface area contributed by atoms with Crippen LogP contribution in [0.1, 0.15) is 43.8 Å². The molecule has 5 heteroatoms. The van der Waals surface area contributed by atoms with Gasteiger partial charge in [0, 0.05) is 12.8 Å². The van der Waals surface area contributed by atoms with Crippen LogP contribution < -0.4 is 5.14 Å². The molecule has 0 radical (unpaired) electrons. The number of ether oxygens (including phenoxy) is 2. The molecule has 1 spiro atoms. The van der Waals surface area contributed by atoms with Gasteiger partial charge in [-0.2, -0.15) is 0 Å². The van der Waals surface area contributed by atoms with Crippen LogP contribution in [0.25, 0.3) is 0 Å². The Morgan fingerprint density at radius 3 is 2.60 bits per heavy atom. The van der Waals surface area contributed by atoms with Gasteiger partial charge in [0.25, 0.3) is 0 Å². The summed E-state index contributed by atoms with van der Waals surface area (Å²) in [5.74, 6) is -0.411. The molecular formula is C15H21NO3S. The van der Waals surface area contributed by atoms with E-state index in [1.54, 1.807) is 0 Å². The van der Waals surface area contributed by atoms with Gasteiger partial charge in [0.1, 0.15) is 12.2 Å². The van der Waals surface area contributed by atoms with Crippen molar-refractivity contribution in [2.45, 2.75) is 50.1 Å². The van der Waals surface area contributed by atoms with Crippen molar-refractivity contribution in [3.05, 3.63) is 35.9 Å². The second-order valence-electron chi connectivity index (χ2n) is 5.46. The zero-order valence-corrected chi connectivity index (χ0v) is 12.3. The van der Waals surface area contributed by atoms with E-state index in [1.165, 1.54) is 19.3 Å². The summed E-state index contributed by atoms with van der Waals surface area (Å²) in [6.45, 7) is 0.447. The molecule has 2 atom stereocenters. The van der Waals surface area contributed by atoms with Gasteiger partial charge in [-0.05, 0) is 18.4 Å². The molecule has 2 N–H and O–H groups in total. The van der Waals surface area contributed by atoms with Gasteiger partial charge in [0.2, 0.25) is 0 Å². The van der Waals surface area contributed by atoms with E-state index in [2.05, 4.69) is 12.1 Å². The second-order valence-corrected chi connectivity index (χ2v) is 5.89. The first kappa shape index (κ1) is 14.4. The summed E-state index contributed by atoms with van der Waals surface area (Å²) < 4.78 is 17.9. The summed E-state index contributed by atoms with van der Waals surface area (Å²) in [7, 11) is 0. The van der Waals surface area contributed by atoms with Crippen molar-refractivity contribution >= 4 is 12.2 Å². The summed E-state index contributed by atoms with van der Waals surface area (Å²) in [5.41, 5.74) is 1.14. The van der Waals surface area contributed by atoms with Crippen LogP contribution in [0.4, 0.5) is 0 Å². The van der Waals surface area contributed by atoms with Crippen molar-refractivity contribution in [1.29, 1.82) is 0 Å². The van der Waals surface area contributed by atoms with Gasteiger partial charge in [0.05, 0.1) is 18.8 Å². The highest BCUT2D eigenvalue weighted by molar-refractivity contribution is 7.92. The monoisotopic (exact) mass is 295 g/mol. The van der Waals surface area contributed by atoms with Crippen molar-refractivity contribution < 1.29 is 13.7 Å². The van der Waals surface area contributed by atoms with Gasteiger partial charge in [-0.1, -0.05) is 36.8 Å². The largest absolute Gasteiger partial charge is 0.341 e. The number of hydrogen-bond acceptors (Lipinski definition) is 5. The fourth-order valence-corrected chi connectivity index (χ4v) is 3.36. The average Bonchev–Trinajstić information content (AvgIpc) is 2.85. The first-order valence-electron chi connectivity index (χ1n) is 7.22. The van der Waals surface area contributed by atoms with E-state index in [0.717, 1.165) is 30.6 Å². The first-order chi connectivity index (χ1) is 9.83. The molecule has 1 saturated carbocycles. The highest BCUT2D eigenvalue weighted by atomic mass is 32.2. The predicted molar refractivity (Wildman–Crippen MR) is 78.7 cm³/mol. The summed E-state index contributed by atoms with van der Waals surface area (Å²) in [6, 6.07) is 10.2. The summed E-state index contributed by atoms with van der Waals surface area (Å²) >= 11 is 0.885. The highest BCUT2D eigenvalue weighted by Gasteiger charge is 2.48. The zero-order chi connectivity index (χ0) is 13.8. The second kappa shape index (κ2) is 6.45. The Labute approximate surface area is 124 Å². The maximum atomic E-state index is 6.33. The lowest BCUT2D eigenvalue weighted by Gasteiger charge is -2.32. The number of benzene rings is 1. The van der Waals surface area contributed by atoms with Crippen LogP contribution in [-0.2, 0) is 13.7 Å². The zero-order valence-electron chi connectivity index (χ0n) is 11.5. The molecule has 1 aromatic rings. The summed E-state index contributed by atoms with van der Waals surface area (Å²) in [4.78, 5) is 0. The minimum Gasteiger partial charge on any atom is -0.341 e. The molecule has 3 rings (SSSR count). The van der Waals surface area contributed by atoms with E-state index in [1.807, 2.05) is 18.2 Å². The number of nitrogens with two attached hydrogens (primary N) is 1. The number of rotatable bonds is 4. The Hall–Kier alpha value is -0.590. The van der Waals surface area contributed by atoms with Gasteiger partial charge in [-0.3, -0.25) is 9.32 Å².